The van der Waals surface area contributed by atoms with Crippen LogP contribution in [0.3, 0.4) is 0 Å². The van der Waals surface area contributed by atoms with E-state index < -0.39 is 102 Å². The van der Waals surface area contributed by atoms with E-state index in [-0.39, 0.29) is 12.3 Å². The maximum atomic E-state index is 13.9. The van der Waals surface area contributed by atoms with Crippen molar-refractivity contribution < 1.29 is 38.7 Å². The number of aliphatic hydroxyl groups excluding tert-OH is 1. The Hall–Kier alpha value is -3.75. The summed E-state index contributed by atoms with van der Waals surface area (Å²) in [5.41, 5.74) is 0. The van der Waals surface area contributed by atoms with E-state index in [0.717, 1.165) is 4.90 Å². The molecule has 1 aliphatic rings. The molecule has 0 aromatic carbocycles. The fourth-order valence-electron chi connectivity index (χ4n) is 5.38. The van der Waals surface area contributed by atoms with Gasteiger partial charge in [-0.2, -0.15) is 0 Å². The molecule has 4 N–H and O–H groups in total. The molecule has 9 atom stereocenters. The van der Waals surface area contributed by atoms with Crippen LogP contribution >= 0.6 is 0 Å². The normalized spacial score (nSPS) is 29.5. The van der Waals surface area contributed by atoms with Crippen molar-refractivity contribution in [2.75, 3.05) is 28.2 Å². The highest BCUT2D eigenvalue weighted by molar-refractivity contribution is 5.98. The Bertz CT molecular complexity index is 1230. The molecule has 1 fully saturated rings. The maximum absolute atomic E-state index is 13.9. The lowest BCUT2D eigenvalue weighted by molar-refractivity contribution is -0.149. The molecule has 7 amide bonds. The van der Waals surface area contributed by atoms with Crippen molar-refractivity contribution in [2.45, 2.75) is 130 Å². The summed E-state index contributed by atoms with van der Waals surface area (Å²) in [6.45, 7) is 16.6. The number of amides is 7. The Morgan fingerprint density at radius 3 is 1.37 bits per heavy atom. The van der Waals surface area contributed by atoms with E-state index in [1.165, 1.54) is 70.6 Å². The Kier molecular flexibility index (Phi) is 16.2. The first-order valence-corrected chi connectivity index (χ1v) is 17.2. The number of nitrogens with one attached hydrogen (secondary N) is 3. The highest BCUT2D eigenvalue weighted by Crippen LogP contribution is 2.17. The Balaban J connectivity index is 3.80. The molecule has 0 radical (unpaired) electrons. The lowest BCUT2D eigenvalue weighted by Crippen LogP contribution is -2.62. The zero-order valence-corrected chi connectivity index (χ0v) is 31.9. The Morgan fingerprint density at radius 2 is 0.959 bits per heavy atom. The van der Waals surface area contributed by atoms with Crippen molar-refractivity contribution >= 4 is 41.4 Å². The molecular formula is C34H61N7O8. The van der Waals surface area contributed by atoms with Gasteiger partial charge in [0.15, 0.2) is 0 Å². The second-order valence-corrected chi connectivity index (χ2v) is 14.3. The van der Waals surface area contributed by atoms with E-state index >= 15 is 0 Å². The molecule has 0 unspecified atom stereocenters. The highest BCUT2D eigenvalue weighted by Gasteiger charge is 2.40. The standard InChI is InChI=1S/C34H61N7O8/c1-15-19(6)25-34(49)41(14)23(10)32(47)38(11)20(7)28(43)35-24(16-17(2)3)33(48)40(13)22(9)31(46)39(12)21(8)29(44)37-26(30(45)36-25)27(42)18(4)5/h17-27,42H,15-16H2,1-14H3,(H,35,43)(H,36,45)(H,37,44)/t19-,20-,21+,22-,23-,24-,25+,26+,27+/m0/s1. The summed E-state index contributed by atoms with van der Waals surface area (Å²) in [4.78, 5) is 100. The number of carbonyl (C=O) groups is 7. The van der Waals surface area contributed by atoms with Crippen LogP contribution in [-0.4, -0.2) is 143 Å². The number of likely N-dealkylation sites (N-methyl/N-ethyl adjacent to an activating group) is 4. The van der Waals surface area contributed by atoms with Gasteiger partial charge in [0.2, 0.25) is 41.4 Å². The van der Waals surface area contributed by atoms with Gasteiger partial charge >= 0.3 is 0 Å². The summed E-state index contributed by atoms with van der Waals surface area (Å²) in [5, 5.41) is 19.1. The number of carbonyl (C=O) groups excluding carboxylic acids is 7. The van der Waals surface area contributed by atoms with Crippen LogP contribution < -0.4 is 16.0 Å². The minimum absolute atomic E-state index is 0.0206. The van der Waals surface area contributed by atoms with Crippen LogP contribution in [0, 0.1) is 17.8 Å². The summed E-state index contributed by atoms with van der Waals surface area (Å²) in [6, 6.07) is -7.90. The van der Waals surface area contributed by atoms with Gasteiger partial charge in [-0.3, -0.25) is 33.6 Å². The lowest BCUT2D eigenvalue weighted by atomic mass is 9.94. The van der Waals surface area contributed by atoms with Crippen molar-refractivity contribution in [3.63, 3.8) is 0 Å². The van der Waals surface area contributed by atoms with Gasteiger partial charge in [-0.15, -0.1) is 0 Å². The molecule has 0 aliphatic carbocycles. The van der Waals surface area contributed by atoms with Crippen molar-refractivity contribution in [1.29, 1.82) is 0 Å². The van der Waals surface area contributed by atoms with Crippen LogP contribution in [0.25, 0.3) is 0 Å². The molecule has 1 saturated heterocycles. The van der Waals surface area contributed by atoms with Gasteiger partial charge < -0.3 is 40.7 Å². The minimum Gasteiger partial charge on any atom is -0.390 e. The summed E-state index contributed by atoms with van der Waals surface area (Å²) in [7, 11) is 5.67. The van der Waals surface area contributed by atoms with E-state index in [9.17, 15) is 38.7 Å². The van der Waals surface area contributed by atoms with E-state index in [1.807, 2.05) is 20.8 Å². The number of aliphatic hydroxyl groups is 1. The first-order chi connectivity index (χ1) is 22.5. The third kappa shape index (κ3) is 10.6. The van der Waals surface area contributed by atoms with Gasteiger partial charge in [-0.05, 0) is 51.9 Å². The monoisotopic (exact) mass is 695 g/mol. The van der Waals surface area contributed by atoms with E-state index in [4.69, 9.17) is 0 Å². The predicted molar refractivity (Wildman–Crippen MR) is 184 cm³/mol. The van der Waals surface area contributed by atoms with Gasteiger partial charge in [0.1, 0.15) is 42.3 Å². The molecule has 0 aromatic rings. The van der Waals surface area contributed by atoms with E-state index in [1.54, 1.807) is 20.8 Å². The van der Waals surface area contributed by atoms with Crippen molar-refractivity contribution in [1.82, 2.24) is 35.6 Å². The third-order valence-corrected chi connectivity index (χ3v) is 9.89. The third-order valence-electron chi connectivity index (χ3n) is 9.89. The maximum Gasteiger partial charge on any atom is 0.245 e. The average molecular weight is 696 g/mol. The SMILES string of the molecule is CC[C@H](C)[C@H]1NC(=O)[C@@H]([C@H](O)C(C)C)NC(=O)[C@@H](C)N(C)C(=O)[C@H](C)N(C)C(=O)[C@H](CC(C)C)NC(=O)[C@H](C)N(C)C(=O)[C@H](C)N(C)C1=O. The molecule has 15 heteroatoms. The van der Waals surface area contributed by atoms with Crippen LogP contribution in [0.4, 0.5) is 0 Å². The zero-order valence-electron chi connectivity index (χ0n) is 31.9. The first-order valence-electron chi connectivity index (χ1n) is 17.2. The van der Waals surface area contributed by atoms with Gasteiger partial charge in [-0.1, -0.05) is 48.0 Å². The van der Waals surface area contributed by atoms with Crippen molar-refractivity contribution in [3.8, 4) is 0 Å². The van der Waals surface area contributed by atoms with Crippen LogP contribution in [0.5, 0.6) is 0 Å². The molecule has 0 bridgehead atoms. The summed E-state index contributed by atoms with van der Waals surface area (Å²) in [6.07, 6.45) is -0.633. The fraction of sp³-hybridized carbons (Fsp3) is 0.794. The predicted octanol–water partition coefficient (Wildman–Crippen LogP) is -0.0489. The number of nitrogens with zero attached hydrogens (tertiary/aromatic N) is 4. The number of hydrogen-bond donors (Lipinski definition) is 4. The van der Waals surface area contributed by atoms with Crippen LogP contribution in [-0.2, 0) is 33.6 Å². The van der Waals surface area contributed by atoms with Crippen molar-refractivity contribution in [3.05, 3.63) is 0 Å². The van der Waals surface area contributed by atoms with Gasteiger partial charge in [0, 0.05) is 28.2 Å². The quantitative estimate of drug-likeness (QED) is 0.298. The largest absolute Gasteiger partial charge is 0.390 e. The lowest BCUT2D eigenvalue weighted by Gasteiger charge is -2.35. The van der Waals surface area contributed by atoms with Crippen LogP contribution in [0.2, 0.25) is 0 Å². The number of hydrogen-bond acceptors (Lipinski definition) is 8. The fourth-order valence-corrected chi connectivity index (χ4v) is 5.38. The topological polar surface area (TPSA) is 189 Å². The Labute approximate surface area is 291 Å². The minimum atomic E-state index is -1.49. The van der Waals surface area contributed by atoms with Crippen LogP contribution in [0.1, 0.15) is 82.1 Å². The first kappa shape index (κ1) is 43.3. The molecule has 280 valence electrons. The molecule has 1 heterocycles. The number of rotatable bonds is 6. The molecule has 0 saturated carbocycles. The summed E-state index contributed by atoms with van der Waals surface area (Å²) in [5.74, 6) is -5.32. The van der Waals surface area contributed by atoms with Gasteiger partial charge in [0.25, 0.3) is 0 Å². The summed E-state index contributed by atoms with van der Waals surface area (Å²) >= 11 is 0. The Morgan fingerprint density at radius 1 is 0.571 bits per heavy atom. The molecule has 0 aromatic heterocycles. The molecule has 1 aliphatic heterocycles. The average Bonchev–Trinajstić information content (AvgIpc) is 3.06. The second kappa shape index (κ2) is 18.3. The molecule has 15 nitrogen and oxygen atoms in total. The molecule has 0 spiro atoms. The van der Waals surface area contributed by atoms with E-state index in [2.05, 4.69) is 16.0 Å². The zero-order chi connectivity index (χ0) is 38.2. The summed E-state index contributed by atoms with van der Waals surface area (Å²) < 4.78 is 0. The smallest absolute Gasteiger partial charge is 0.245 e. The molecule has 49 heavy (non-hydrogen) atoms. The second-order valence-electron chi connectivity index (χ2n) is 14.3. The molecular weight excluding hydrogens is 634 g/mol. The van der Waals surface area contributed by atoms with Gasteiger partial charge in [-0.25, -0.2) is 0 Å². The highest BCUT2D eigenvalue weighted by atomic mass is 16.3. The van der Waals surface area contributed by atoms with E-state index in [0.29, 0.717) is 6.42 Å². The van der Waals surface area contributed by atoms with Gasteiger partial charge in [0.05, 0.1) is 6.10 Å². The van der Waals surface area contributed by atoms with Crippen molar-refractivity contribution in [2.24, 2.45) is 17.8 Å². The van der Waals surface area contributed by atoms with Crippen LogP contribution in [0.15, 0.2) is 0 Å². The molecule has 1 rings (SSSR count).